The normalized spacial score (nSPS) is 10.4. The number of nitrogens with one attached hydrogen (secondary N) is 2. The number of aromatic nitrogens is 2. The number of carbonyl (C=O) groups is 2. The van der Waals surface area contributed by atoms with Gasteiger partial charge in [-0.05, 0) is 57.9 Å². The van der Waals surface area contributed by atoms with Crippen molar-refractivity contribution < 1.29 is 14.0 Å². The number of halogens is 2. The van der Waals surface area contributed by atoms with Crippen LogP contribution in [0.25, 0.3) is 0 Å². The Hall–Kier alpha value is -3.00. The molecule has 138 valence electrons. The fourth-order valence-electron chi connectivity index (χ4n) is 2.45. The van der Waals surface area contributed by atoms with Gasteiger partial charge in [0, 0.05) is 29.1 Å². The van der Waals surface area contributed by atoms with Gasteiger partial charge in [0.15, 0.2) is 0 Å². The number of hydrogen-bond donors (Lipinski definition) is 2. The Balaban J connectivity index is 1.58. The molecule has 2 amide bonds. The highest BCUT2D eigenvalue weighted by Gasteiger charge is 2.11. The summed E-state index contributed by atoms with van der Waals surface area (Å²) in [5.41, 5.74) is 1.79. The fraction of sp³-hybridized carbons (Fsp3) is 0.105. The van der Waals surface area contributed by atoms with Gasteiger partial charge in [0.05, 0.1) is 5.56 Å². The van der Waals surface area contributed by atoms with E-state index in [1.165, 1.54) is 22.9 Å². The molecule has 1 heterocycles. The molecule has 0 unspecified atom stereocenters. The van der Waals surface area contributed by atoms with Crippen LogP contribution in [0, 0.1) is 5.82 Å². The van der Waals surface area contributed by atoms with Gasteiger partial charge in [-0.1, -0.05) is 12.1 Å². The van der Waals surface area contributed by atoms with Crippen molar-refractivity contribution in [2.45, 2.75) is 13.1 Å². The molecule has 2 aromatic carbocycles. The minimum atomic E-state index is -0.419. The largest absolute Gasteiger partial charge is 0.348 e. The third-order valence-electron chi connectivity index (χ3n) is 3.70. The minimum absolute atomic E-state index is 0.118. The van der Waals surface area contributed by atoms with Crippen molar-refractivity contribution in [2.75, 3.05) is 5.32 Å². The molecule has 8 heteroatoms. The van der Waals surface area contributed by atoms with Crippen molar-refractivity contribution in [3.05, 3.63) is 82.3 Å². The zero-order valence-electron chi connectivity index (χ0n) is 14.2. The summed E-state index contributed by atoms with van der Waals surface area (Å²) in [6.07, 6.45) is 3.31. The zero-order chi connectivity index (χ0) is 19.2. The maximum atomic E-state index is 13.1. The molecule has 0 aliphatic carbocycles. The van der Waals surface area contributed by atoms with E-state index in [2.05, 4.69) is 31.7 Å². The van der Waals surface area contributed by atoms with Crippen LogP contribution >= 0.6 is 15.9 Å². The average Bonchev–Trinajstić information content (AvgIpc) is 3.13. The molecule has 6 nitrogen and oxygen atoms in total. The quantitative estimate of drug-likeness (QED) is 0.629. The Bertz CT molecular complexity index is 960. The van der Waals surface area contributed by atoms with Gasteiger partial charge in [-0.3, -0.25) is 14.3 Å². The zero-order valence-corrected chi connectivity index (χ0v) is 15.7. The fourth-order valence-corrected chi connectivity index (χ4v) is 2.98. The lowest BCUT2D eigenvalue weighted by Crippen LogP contribution is -2.23. The minimum Gasteiger partial charge on any atom is -0.348 e. The molecule has 3 rings (SSSR count). The van der Waals surface area contributed by atoms with Gasteiger partial charge in [0.2, 0.25) is 5.91 Å². The van der Waals surface area contributed by atoms with Crippen molar-refractivity contribution in [1.29, 1.82) is 0 Å². The predicted molar refractivity (Wildman–Crippen MR) is 103 cm³/mol. The van der Waals surface area contributed by atoms with Gasteiger partial charge in [0.25, 0.3) is 5.91 Å². The van der Waals surface area contributed by atoms with Gasteiger partial charge >= 0.3 is 0 Å². The summed E-state index contributed by atoms with van der Waals surface area (Å²) in [7, 11) is 0. The van der Waals surface area contributed by atoms with Crippen LogP contribution in [0.3, 0.4) is 0 Å². The van der Waals surface area contributed by atoms with E-state index in [0.717, 1.165) is 5.56 Å². The molecule has 27 heavy (non-hydrogen) atoms. The number of benzene rings is 2. The summed E-state index contributed by atoms with van der Waals surface area (Å²) < 4.78 is 15.0. The lowest BCUT2D eigenvalue weighted by Gasteiger charge is -2.10. The van der Waals surface area contributed by atoms with Crippen molar-refractivity contribution in [1.82, 2.24) is 15.1 Å². The molecule has 2 N–H and O–H groups in total. The first-order valence-corrected chi connectivity index (χ1v) is 8.90. The third-order valence-corrected chi connectivity index (χ3v) is 4.36. The first-order chi connectivity index (χ1) is 13.0. The van der Waals surface area contributed by atoms with E-state index < -0.39 is 5.82 Å². The van der Waals surface area contributed by atoms with Crippen molar-refractivity contribution in [3.63, 3.8) is 0 Å². The van der Waals surface area contributed by atoms with Crippen molar-refractivity contribution >= 4 is 33.4 Å². The summed E-state index contributed by atoms with van der Waals surface area (Å²) in [5.74, 6) is -0.942. The molecule has 3 aromatic rings. The van der Waals surface area contributed by atoms with Crippen molar-refractivity contribution in [2.24, 2.45) is 0 Å². The molecule has 0 aliphatic heterocycles. The van der Waals surface area contributed by atoms with E-state index >= 15 is 0 Å². The summed E-state index contributed by atoms with van der Waals surface area (Å²) in [6.45, 7) is 0.387. The number of hydrogen-bond acceptors (Lipinski definition) is 3. The van der Waals surface area contributed by atoms with Crippen LogP contribution < -0.4 is 10.6 Å². The number of amides is 2. The van der Waals surface area contributed by atoms with Crippen LogP contribution in [0.4, 0.5) is 10.1 Å². The summed E-state index contributed by atoms with van der Waals surface area (Å²) in [4.78, 5) is 24.3. The van der Waals surface area contributed by atoms with E-state index in [4.69, 9.17) is 0 Å². The molecule has 0 fully saturated rings. The molecule has 0 spiro atoms. The highest BCUT2D eigenvalue weighted by Crippen LogP contribution is 2.18. The summed E-state index contributed by atoms with van der Waals surface area (Å²) in [5, 5.41) is 9.55. The first kappa shape index (κ1) is 18.8. The number of nitrogens with zero attached hydrogens (tertiary/aromatic N) is 2. The molecule has 0 bridgehead atoms. The molecular formula is C19H16BrFN4O2. The number of rotatable bonds is 6. The second-order valence-corrected chi connectivity index (χ2v) is 6.61. The van der Waals surface area contributed by atoms with Gasteiger partial charge in [-0.25, -0.2) is 4.39 Å². The molecule has 0 atom stereocenters. The lowest BCUT2D eigenvalue weighted by molar-refractivity contribution is -0.116. The third kappa shape index (κ3) is 5.24. The van der Waals surface area contributed by atoms with Crippen LogP contribution in [-0.2, 0) is 17.9 Å². The monoisotopic (exact) mass is 430 g/mol. The highest BCUT2D eigenvalue weighted by molar-refractivity contribution is 9.10. The van der Waals surface area contributed by atoms with E-state index in [0.29, 0.717) is 15.7 Å². The second kappa shape index (κ2) is 8.59. The van der Waals surface area contributed by atoms with E-state index in [1.54, 1.807) is 36.7 Å². The van der Waals surface area contributed by atoms with Crippen LogP contribution in [0.2, 0.25) is 0 Å². The number of carbonyl (C=O) groups excluding carboxylic acids is 2. The standard InChI is InChI=1S/C19H16BrFN4O2/c20-17-10-14(21)5-6-16(17)19(27)22-11-13-3-1-4-15(9-13)24-18(26)12-25-8-2-7-23-25/h1-10H,11-12H2,(H,22,27)(H,24,26). The lowest BCUT2D eigenvalue weighted by atomic mass is 10.1. The average molecular weight is 431 g/mol. The molecular weight excluding hydrogens is 415 g/mol. The molecule has 0 aliphatic rings. The predicted octanol–water partition coefficient (Wildman–Crippen LogP) is 3.35. The Labute approximate surface area is 163 Å². The molecule has 0 saturated carbocycles. The molecule has 0 saturated heterocycles. The van der Waals surface area contributed by atoms with Crippen LogP contribution in [0.1, 0.15) is 15.9 Å². The SMILES string of the molecule is O=C(Cn1cccn1)Nc1cccc(CNC(=O)c2ccc(F)cc2Br)c1. The van der Waals surface area contributed by atoms with Crippen LogP contribution in [-0.4, -0.2) is 21.6 Å². The van der Waals surface area contributed by atoms with Crippen LogP contribution in [0.15, 0.2) is 65.4 Å². The Morgan fingerprint density at radius 3 is 2.74 bits per heavy atom. The summed E-state index contributed by atoms with van der Waals surface area (Å²) >= 11 is 3.18. The summed E-state index contributed by atoms with van der Waals surface area (Å²) in [6, 6.07) is 12.8. The highest BCUT2D eigenvalue weighted by atomic mass is 79.9. The number of anilines is 1. The van der Waals surface area contributed by atoms with Crippen molar-refractivity contribution in [3.8, 4) is 0 Å². The van der Waals surface area contributed by atoms with E-state index in [-0.39, 0.29) is 24.9 Å². The Morgan fingerprint density at radius 1 is 1.15 bits per heavy atom. The maximum absolute atomic E-state index is 13.1. The van der Waals surface area contributed by atoms with E-state index in [1.807, 2.05) is 6.07 Å². The second-order valence-electron chi connectivity index (χ2n) is 5.76. The van der Waals surface area contributed by atoms with Gasteiger partial charge in [0.1, 0.15) is 12.4 Å². The van der Waals surface area contributed by atoms with Gasteiger partial charge < -0.3 is 10.6 Å². The Morgan fingerprint density at radius 2 is 2.00 bits per heavy atom. The Kier molecular flexibility index (Phi) is 5.97. The maximum Gasteiger partial charge on any atom is 0.252 e. The van der Waals surface area contributed by atoms with Crippen LogP contribution in [0.5, 0.6) is 0 Å². The first-order valence-electron chi connectivity index (χ1n) is 8.11. The topological polar surface area (TPSA) is 76.0 Å². The molecule has 1 aromatic heterocycles. The van der Waals surface area contributed by atoms with Gasteiger partial charge in [-0.15, -0.1) is 0 Å². The van der Waals surface area contributed by atoms with E-state index in [9.17, 15) is 14.0 Å². The molecule has 0 radical (unpaired) electrons. The van der Waals surface area contributed by atoms with Gasteiger partial charge in [-0.2, -0.15) is 5.10 Å². The smallest absolute Gasteiger partial charge is 0.252 e.